The van der Waals surface area contributed by atoms with E-state index in [2.05, 4.69) is 4.74 Å². The van der Waals surface area contributed by atoms with Gasteiger partial charge in [-0.25, -0.2) is 4.79 Å². The molecular formula is C7H10O6. The fraction of sp³-hybridized carbons (Fsp3) is 0.714. The van der Waals surface area contributed by atoms with Gasteiger partial charge in [0.15, 0.2) is 5.60 Å². The summed E-state index contributed by atoms with van der Waals surface area (Å²) in [4.78, 5) is 21.2. The predicted molar refractivity (Wildman–Crippen MR) is 38.8 cm³/mol. The van der Waals surface area contributed by atoms with Gasteiger partial charge >= 0.3 is 11.9 Å². The van der Waals surface area contributed by atoms with Crippen LogP contribution in [0.1, 0.15) is 12.8 Å². The Morgan fingerprint density at radius 3 is 2.69 bits per heavy atom. The number of aliphatic hydroxyl groups is 2. The van der Waals surface area contributed by atoms with E-state index in [1.807, 2.05) is 0 Å². The van der Waals surface area contributed by atoms with Crippen LogP contribution in [-0.2, 0) is 14.3 Å². The van der Waals surface area contributed by atoms with Gasteiger partial charge in [-0.05, 0) is 0 Å². The molecule has 0 radical (unpaired) electrons. The number of cyclic esters (lactones) is 1. The zero-order valence-electron chi connectivity index (χ0n) is 6.77. The van der Waals surface area contributed by atoms with Crippen LogP contribution < -0.4 is 0 Å². The quantitative estimate of drug-likeness (QED) is 0.468. The molecule has 0 aliphatic carbocycles. The van der Waals surface area contributed by atoms with Crippen molar-refractivity contribution in [2.45, 2.75) is 24.5 Å². The molecule has 3 N–H and O–H groups in total. The number of carbonyl (C=O) groups excluding carboxylic acids is 1. The fourth-order valence-electron chi connectivity index (χ4n) is 1.26. The summed E-state index contributed by atoms with van der Waals surface area (Å²) in [5, 5.41) is 26.5. The van der Waals surface area contributed by atoms with Crippen molar-refractivity contribution in [3.05, 3.63) is 0 Å². The lowest BCUT2D eigenvalue weighted by molar-refractivity contribution is -0.161. The third kappa shape index (κ3) is 1.96. The summed E-state index contributed by atoms with van der Waals surface area (Å²) in [6.45, 7) is -0.409. The number of aliphatic hydroxyl groups excluding tert-OH is 1. The normalized spacial score (nSPS) is 33.1. The monoisotopic (exact) mass is 190 g/mol. The largest absolute Gasteiger partial charge is 0.481 e. The van der Waals surface area contributed by atoms with Gasteiger partial charge in [-0.2, -0.15) is 0 Å². The number of hydrogen-bond acceptors (Lipinski definition) is 5. The maximum absolute atomic E-state index is 11.0. The van der Waals surface area contributed by atoms with Crippen molar-refractivity contribution < 1.29 is 29.6 Å². The summed E-state index contributed by atoms with van der Waals surface area (Å²) in [5.74, 6) is -2.26. The molecule has 1 aliphatic rings. The van der Waals surface area contributed by atoms with E-state index in [0.717, 1.165) is 0 Å². The number of rotatable bonds is 3. The first-order valence-corrected chi connectivity index (χ1v) is 3.74. The van der Waals surface area contributed by atoms with Crippen molar-refractivity contribution in [3.8, 4) is 0 Å². The van der Waals surface area contributed by atoms with Gasteiger partial charge in [-0.1, -0.05) is 0 Å². The van der Waals surface area contributed by atoms with E-state index in [9.17, 15) is 14.7 Å². The summed E-state index contributed by atoms with van der Waals surface area (Å²) in [6, 6.07) is 0. The van der Waals surface area contributed by atoms with Gasteiger partial charge < -0.3 is 20.1 Å². The Morgan fingerprint density at radius 2 is 2.31 bits per heavy atom. The van der Waals surface area contributed by atoms with Crippen LogP contribution in [-0.4, -0.2) is 45.6 Å². The van der Waals surface area contributed by atoms with Crippen LogP contribution in [0.2, 0.25) is 0 Å². The second-order valence-electron chi connectivity index (χ2n) is 3.02. The molecule has 2 unspecified atom stereocenters. The van der Waals surface area contributed by atoms with Crippen LogP contribution >= 0.6 is 0 Å². The van der Waals surface area contributed by atoms with E-state index >= 15 is 0 Å². The number of carboxylic acids is 1. The number of carbonyl (C=O) groups is 2. The van der Waals surface area contributed by atoms with Gasteiger partial charge in [0.2, 0.25) is 0 Å². The topological polar surface area (TPSA) is 104 Å². The van der Waals surface area contributed by atoms with Crippen LogP contribution in [0.15, 0.2) is 0 Å². The second kappa shape index (κ2) is 3.31. The van der Waals surface area contributed by atoms with Crippen molar-refractivity contribution in [3.63, 3.8) is 0 Å². The van der Waals surface area contributed by atoms with Crippen molar-refractivity contribution in [1.82, 2.24) is 0 Å². The van der Waals surface area contributed by atoms with Gasteiger partial charge in [0.25, 0.3) is 0 Å². The molecule has 6 heteroatoms. The van der Waals surface area contributed by atoms with Crippen molar-refractivity contribution in [2.75, 3.05) is 6.61 Å². The molecule has 0 aromatic carbocycles. The molecule has 0 bridgehead atoms. The fourth-order valence-corrected chi connectivity index (χ4v) is 1.26. The summed E-state index contributed by atoms with van der Waals surface area (Å²) < 4.78 is 4.52. The molecule has 0 spiro atoms. The lowest BCUT2D eigenvalue weighted by atomic mass is 9.96. The maximum Gasteiger partial charge on any atom is 0.339 e. The molecule has 1 rings (SSSR count). The van der Waals surface area contributed by atoms with Crippen molar-refractivity contribution >= 4 is 11.9 Å². The van der Waals surface area contributed by atoms with Gasteiger partial charge in [0.1, 0.15) is 6.10 Å². The van der Waals surface area contributed by atoms with Gasteiger partial charge in [-0.3, -0.25) is 4.79 Å². The Kier molecular flexibility index (Phi) is 2.53. The molecule has 0 aromatic rings. The Balaban J connectivity index is 2.68. The van der Waals surface area contributed by atoms with Crippen LogP contribution in [0.25, 0.3) is 0 Å². The van der Waals surface area contributed by atoms with Gasteiger partial charge in [0.05, 0.1) is 13.0 Å². The van der Waals surface area contributed by atoms with Crippen LogP contribution in [0, 0.1) is 0 Å². The molecule has 74 valence electrons. The molecule has 13 heavy (non-hydrogen) atoms. The Morgan fingerprint density at radius 1 is 1.69 bits per heavy atom. The Labute approximate surface area is 73.7 Å². The lowest BCUT2D eigenvalue weighted by Gasteiger charge is -2.13. The molecule has 1 saturated heterocycles. The first-order chi connectivity index (χ1) is 5.98. The average Bonchev–Trinajstić information content (AvgIpc) is 2.26. The van der Waals surface area contributed by atoms with Crippen LogP contribution in [0.3, 0.4) is 0 Å². The minimum absolute atomic E-state index is 0.172. The maximum atomic E-state index is 11.0. The summed E-state index contributed by atoms with van der Waals surface area (Å²) in [7, 11) is 0. The highest BCUT2D eigenvalue weighted by molar-refractivity contribution is 5.86. The first-order valence-electron chi connectivity index (χ1n) is 3.74. The summed E-state index contributed by atoms with van der Waals surface area (Å²) in [5.41, 5.74) is -1.97. The second-order valence-corrected chi connectivity index (χ2v) is 3.02. The number of hydrogen-bond donors (Lipinski definition) is 3. The van der Waals surface area contributed by atoms with E-state index < -0.39 is 36.7 Å². The summed E-state index contributed by atoms with van der Waals surface area (Å²) >= 11 is 0. The molecule has 0 saturated carbocycles. The summed E-state index contributed by atoms with van der Waals surface area (Å²) in [6.07, 6.45) is -1.66. The third-order valence-electron chi connectivity index (χ3n) is 1.87. The Bertz CT molecular complexity index is 237. The minimum atomic E-state index is -1.97. The van der Waals surface area contributed by atoms with Crippen molar-refractivity contribution in [2.24, 2.45) is 0 Å². The molecule has 0 aromatic heterocycles. The smallest absolute Gasteiger partial charge is 0.339 e. The molecule has 1 heterocycles. The predicted octanol–water partition coefficient (Wildman–Crippen LogP) is -1.50. The SMILES string of the molecule is O=C(O)CC1(O)CC(CO)OC1=O. The zero-order valence-corrected chi connectivity index (χ0v) is 6.77. The molecule has 2 atom stereocenters. The molecule has 1 fully saturated rings. The number of aliphatic carboxylic acids is 1. The highest BCUT2D eigenvalue weighted by atomic mass is 16.6. The highest BCUT2D eigenvalue weighted by Gasteiger charge is 2.48. The number of carboxylic acid groups (broad SMARTS) is 1. The molecular weight excluding hydrogens is 180 g/mol. The van der Waals surface area contributed by atoms with Crippen molar-refractivity contribution in [1.29, 1.82) is 0 Å². The average molecular weight is 190 g/mol. The van der Waals surface area contributed by atoms with Gasteiger partial charge in [0, 0.05) is 6.42 Å². The lowest BCUT2D eigenvalue weighted by Crippen LogP contribution is -2.36. The van der Waals surface area contributed by atoms with Gasteiger partial charge in [-0.15, -0.1) is 0 Å². The minimum Gasteiger partial charge on any atom is -0.481 e. The number of ether oxygens (including phenoxy) is 1. The standard InChI is InChI=1S/C7H10O6/c8-3-4-1-7(12,2-5(9)10)6(11)13-4/h4,8,12H,1-3H2,(H,9,10). The molecule has 6 nitrogen and oxygen atoms in total. The zero-order chi connectivity index (χ0) is 10.1. The van der Waals surface area contributed by atoms with E-state index in [0.29, 0.717) is 0 Å². The first kappa shape index (κ1) is 9.94. The highest BCUT2D eigenvalue weighted by Crippen LogP contribution is 2.28. The molecule has 1 aliphatic heterocycles. The van der Waals surface area contributed by atoms with E-state index in [1.54, 1.807) is 0 Å². The molecule has 0 amide bonds. The van der Waals surface area contributed by atoms with E-state index in [-0.39, 0.29) is 6.42 Å². The van der Waals surface area contributed by atoms with E-state index in [1.165, 1.54) is 0 Å². The number of esters is 1. The van der Waals surface area contributed by atoms with Crippen LogP contribution in [0.4, 0.5) is 0 Å². The van der Waals surface area contributed by atoms with Crippen LogP contribution in [0.5, 0.6) is 0 Å². The van der Waals surface area contributed by atoms with E-state index in [4.69, 9.17) is 10.2 Å². The Hall–Kier alpha value is -1.14. The third-order valence-corrected chi connectivity index (χ3v) is 1.87.